The highest BCUT2D eigenvalue weighted by molar-refractivity contribution is 6.29. The average molecular weight is 195 g/mol. The minimum atomic E-state index is 0.373. The van der Waals surface area contributed by atoms with Crippen LogP contribution in [0.2, 0.25) is 5.15 Å². The first-order valence-corrected chi connectivity index (χ1v) is 4.14. The second-order valence-corrected chi connectivity index (χ2v) is 3.09. The number of aromatic amines is 1. The fourth-order valence-corrected chi connectivity index (χ4v) is 1.21. The van der Waals surface area contributed by atoms with Crippen molar-refractivity contribution in [2.24, 2.45) is 0 Å². The van der Waals surface area contributed by atoms with Crippen LogP contribution in [0.3, 0.4) is 0 Å². The summed E-state index contributed by atoms with van der Waals surface area (Å²) in [5, 5.41) is 14.7. The molecule has 0 unspecified atom stereocenters. The highest BCUT2D eigenvalue weighted by atomic mass is 35.5. The normalized spacial score (nSPS) is 10.3. The van der Waals surface area contributed by atoms with Crippen LogP contribution in [0.25, 0.3) is 11.3 Å². The van der Waals surface area contributed by atoms with Crippen molar-refractivity contribution < 1.29 is 0 Å². The van der Waals surface area contributed by atoms with Crippen molar-refractivity contribution >= 4 is 11.6 Å². The minimum absolute atomic E-state index is 0.373. The quantitative estimate of drug-likeness (QED) is 0.754. The predicted molar refractivity (Wildman–Crippen MR) is 49.4 cm³/mol. The lowest BCUT2D eigenvalue weighted by Gasteiger charge is -1.93. The summed E-state index contributed by atoms with van der Waals surface area (Å²) in [6, 6.07) is 3.65. The summed E-state index contributed by atoms with van der Waals surface area (Å²) in [6.45, 7) is 1.94. The molecule has 0 aliphatic heterocycles. The van der Waals surface area contributed by atoms with E-state index in [2.05, 4.69) is 20.4 Å². The maximum absolute atomic E-state index is 5.69. The van der Waals surface area contributed by atoms with Gasteiger partial charge < -0.3 is 0 Å². The van der Waals surface area contributed by atoms with Crippen LogP contribution in [-0.2, 0) is 0 Å². The molecular weight excluding hydrogens is 188 g/mol. The zero-order valence-corrected chi connectivity index (χ0v) is 7.71. The topological polar surface area (TPSA) is 54.5 Å². The Bertz CT molecular complexity index is 424. The molecule has 0 saturated heterocycles. The molecule has 0 aliphatic rings. The van der Waals surface area contributed by atoms with Gasteiger partial charge in [-0.25, -0.2) is 0 Å². The van der Waals surface area contributed by atoms with Gasteiger partial charge in [-0.15, -0.1) is 5.10 Å². The Kier molecular flexibility index (Phi) is 1.98. The number of hydrogen-bond donors (Lipinski definition) is 1. The zero-order valence-electron chi connectivity index (χ0n) is 6.95. The molecule has 4 nitrogen and oxygen atoms in total. The lowest BCUT2D eigenvalue weighted by atomic mass is 10.2. The van der Waals surface area contributed by atoms with Gasteiger partial charge in [0.1, 0.15) is 0 Å². The van der Waals surface area contributed by atoms with Gasteiger partial charge in [-0.2, -0.15) is 10.2 Å². The molecular formula is C8H7ClN4. The van der Waals surface area contributed by atoms with Crippen molar-refractivity contribution in [1.82, 2.24) is 20.4 Å². The lowest BCUT2D eigenvalue weighted by Crippen LogP contribution is -1.84. The average Bonchev–Trinajstić information content (AvgIpc) is 2.52. The monoisotopic (exact) mass is 194 g/mol. The summed E-state index contributed by atoms with van der Waals surface area (Å²) >= 11 is 5.69. The van der Waals surface area contributed by atoms with Gasteiger partial charge in [-0.3, -0.25) is 5.10 Å². The molecule has 0 bridgehead atoms. The molecule has 66 valence electrons. The third-order valence-corrected chi connectivity index (χ3v) is 1.81. The van der Waals surface area contributed by atoms with Crippen molar-refractivity contribution in [3.8, 4) is 11.3 Å². The van der Waals surface area contributed by atoms with Crippen LogP contribution < -0.4 is 0 Å². The first-order chi connectivity index (χ1) is 6.25. The number of aromatic nitrogens is 4. The summed E-state index contributed by atoms with van der Waals surface area (Å²) in [6.07, 6.45) is 1.63. The number of halogens is 1. The number of H-pyrrole nitrogens is 1. The molecule has 5 heteroatoms. The highest BCUT2D eigenvalue weighted by Crippen LogP contribution is 2.18. The van der Waals surface area contributed by atoms with E-state index in [-0.39, 0.29) is 0 Å². The molecule has 13 heavy (non-hydrogen) atoms. The first-order valence-electron chi connectivity index (χ1n) is 3.76. The van der Waals surface area contributed by atoms with Crippen molar-refractivity contribution in [2.45, 2.75) is 6.92 Å². The fraction of sp³-hybridized carbons (Fsp3) is 0.125. The maximum Gasteiger partial charge on any atom is 0.152 e. The van der Waals surface area contributed by atoms with Gasteiger partial charge in [0, 0.05) is 11.3 Å². The molecule has 0 amide bonds. The SMILES string of the molecule is Cc1cc(-c2cnnc(Cl)c2)n[nH]1. The molecule has 2 heterocycles. The standard InChI is InChI=1S/C8H7ClN4/c1-5-2-7(12-11-5)6-3-8(9)13-10-4-6/h2-4H,1H3,(H,11,12). The van der Waals surface area contributed by atoms with E-state index in [4.69, 9.17) is 11.6 Å². The number of nitrogens with zero attached hydrogens (tertiary/aromatic N) is 3. The van der Waals surface area contributed by atoms with Crippen LogP contribution in [0.4, 0.5) is 0 Å². The van der Waals surface area contributed by atoms with Gasteiger partial charge in [0.05, 0.1) is 11.9 Å². The smallest absolute Gasteiger partial charge is 0.152 e. The Morgan fingerprint density at radius 3 is 2.85 bits per heavy atom. The summed E-state index contributed by atoms with van der Waals surface area (Å²) in [7, 11) is 0. The molecule has 0 fully saturated rings. The van der Waals surface area contributed by atoms with E-state index in [1.807, 2.05) is 13.0 Å². The number of aryl methyl sites for hydroxylation is 1. The summed E-state index contributed by atoms with van der Waals surface area (Å²) in [5.74, 6) is 0. The molecule has 0 aromatic carbocycles. The number of rotatable bonds is 1. The van der Waals surface area contributed by atoms with E-state index in [9.17, 15) is 0 Å². The third kappa shape index (κ3) is 1.67. The third-order valence-electron chi connectivity index (χ3n) is 1.63. The highest BCUT2D eigenvalue weighted by Gasteiger charge is 2.02. The van der Waals surface area contributed by atoms with Gasteiger partial charge >= 0.3 is 0 Å². The van der Waals surface area contributed by atoms with E-state index in [1.54, 1.807) is 12.3 Å². The van der Waals surface area contributed by atoms with Gasteiger partial charge in [0.25, 0.3) is 0 Å². The second-order valence-electron chi connectivity index (χ2n) is 2.70. The van der Waals surface area contributed by atoms with Crippen LogP contribution in [0, 0.1) is 6.92 Å². The van der Waals surface area contributed by atoms with Crippen molar-refractivity contribution in [3.05, 3.63) is 29.2 Å². The van der Waals surface area contributed by atoms with Crippen LogP contribution >= 0.6 is 11.6 Å². The molecule has 1 N–H and O–H groups in total. The first kappa shape index (κ1) is 8.19. The molecule has 2 aromatic heterocycles. The number of nitrogens with one attached hydrogen (secondary N) is 1. The Morgan fingerprint density at radius 1 is 1.38 bits per heavy atom. The molecule has 0 atom stereocenters. The predicted octanol–water partition coefficient (Wildman–Crippen LogP) is 1.83. The summed E-state index contributed by atoms with van der Waals surface area (Å²) < 4.78 is 0. The Morgan fingerprint density at radius 2 is 2.23 bits per heavy atom. The van der Waals surface area contributed by atoms with Crippen LogP contribution in [0.1, 0.15) is 5.69 Å². The van der Waals surface area contributed by atoms with Crippen molar-refractivity contribution in [2.75, 3.05) is 0 Å². The zero-order chi connectivity index (χ0) is 9.26. The molecule has 2 rings (SSSR count). The molecule has 0 radical (unpaired) electrons. The van der Waals surface area contributed by atoms with E-state index < -0.39 is 0 Å². The Hall–Kier alpha value is -1.42. The minimum Gasteiger partial charge on any atom is -0.282 e. The summed E-state index contributed by atoms with van der Waals surface area (Å²) in [5.41, 5.74) is 2.70. The van der Waals surface area contributed by atoms with Crippen LogP contribution in [0.5, 0.6) is 0 Å². The maximum atomic E-state index is 5.69. The lowest BCUT2D eigenvalue weighted by molar-refractivity contribution is 1.02. The van der Waals surface area contributed by atoms with E-state index in [0.717, 1.165) is 17.0 Å². The molecule has 0 saturated carbocycles. The summed E-state index contributed by atoms with van der Waals surface area (Å²) in [4.78, 5) is 0. The van der Waals surface area contributed by atoms with E-state index in [1.165, 1.54) is 0 Å². The van der Waals surface area contributed by atoms with Gasteiger partial charge in [-0.05, 0) is 19.1 Å². The Balaban J connectivity index is 2.46. The van der Waals surface area contributed by atoms with E-state index in [0.29, 0.717) is 5.15 Å². The molecule has 0 aliphatic carbocycles. The van der Waals surface area contributed by atoms with E-state index >= 15 is 0 Å². The largest absolute Gasteiger partial charge is 0.282 e. The Labute approximate surface area is 80.0 Å². The molecule has 0 spiro atoms. The van der Waals surface area contributed by atoms with Gasteiger partial charge in [0.15, 0.2) is 5.15 Å². The van der Waals surface area contributed by atoms with Crippen LogP contribution in [-0.4, -0.2) is 20.4 Å². The van der Waals surface area contributed by atoms with Crippen LogP contribution in [0.15, 0.2) is 18.3 Å². The van der Waals surface area contributed by atoms with Gasteiger partial charge in [0.2, 0.25) is 0 Å². The molecule has 2 aromatic rings. The number of hydrogen-bond acceptors (Lipinski definition) is 3. The second kappa shape index (κ2) is 3.14. The van der Waals surface area contributed by atoms with Crippen molar-refractivity contribution in [3.63, 3.8) is 0 Å². The fourth-order valence-electron chi connectivity index (χ4n) is 1.05. The van der Waals surface area contributed by atoms with Gasteiger partial charge in [-0.1, -0.05) is 11.6 Å². The van der Waals surface area contributed by atoms with Crippen molar-refractivity contribution in [1.29, 1.82) is 0 Å².